The molecule has 3 aromatic heterocycles. The molecule has 0 amide bonds. The summed E-state index contributed by atoms with van der Waals surface area (Å²) in [6.07, 6.45) is 10.0. The van der Waals surface area contributed by atoms with Crippen LogP contribution >= 0.6 is 0 Å². The Morgan fingerprint density at radius 2 is 0.875 bits per heavy atom. The molecule has 3 heterocycles. The lowest BCUT2D eigenvalue weighted by Crippen LogP contribution is -2.06. The van der Waals surface area contributed by atoms with Gasteiger partial charge in [0.2, 0.25) is 0 Å². The molecule has 0 atom stereocenters. The number of pyridine rings is 2. The number of aromatic nitrogens is 4. The van der Waals surface area contributed by atoms with Gasteiger partial charge < -0.3 is 9.47 Å². The van der Waals surface area contributed by atoms with Crippen LogP contribution in [0.1, 0.15) is 65.2 Å². The summed E-state index contributed by atoms with van der Waals surface area (Å²) in [5, 5.41) is 8.40. The summed E-state index contributed by atoms with van der Waals surface area (Å²) in [6, 6.07) is 15.5. The number of hydrogen-bond donors (Lipinski definition) is 0. The predicted molar refractivity (Wildman–Crippen MR) is 178 cm³/mol. The van der Waals surface area contributed by atoms with Crippen molar-refractivity contribution in [2.75, 3.05) is 13.2 Å². The van der Waals surface area contributed by atoms with Gasteiger partial charge in [-0.1, -0.05) is 64.5 Å². The molecule has 250 valence electrons. The van der Waals surface area contributed by atoms with Gasteiger partial charge in [-0.05, 0) is 61.4 Å². The molecule has 0 saturated carbocycles. The highest BCUT2D eigenvalue weighted by Crippen LogP contribution is 2.40. The monoisotopic (exact) mass is 658 g/mol. The lowest BCUT2D eigenvalue weighted by atomic mass is 10.0. The Balaban J connectivity index is 1.54. The number of ether oxygens (including phenoxy) is 2. The number of rotatable bonds is 16. The van der Waals surface area contributed by atoms with E-state index in [-0.39, 0.29) is 58.2 Å². The molecule has 48 heavy (non-hydrogen) atoms. The van der Waals surface area contributed by atoms with Crippen molar-refractivity contribution in [3.8, 4) is 56.5 Å². The van der Waals surface area contributed by atoms with Gasteiger partial charge >= 0.3 is 0 Å². The van der Waals surface area contributed by atoms with E-state index in [4.69, 9.17) is 9.47 Å². The minimum absolute atomic E-state index is 0.0340. The first-order valence-corrected chi connectivity index (χ1v) is 16.4. The number of nitrogens with zero attached hydrogens (tertiary/aromatic N) is 4. The van der Waals surface area contributed by atoms with Gasteiger partial charge in [0.1, 0.15) is 0 Å². The number of halogens is 4. The maximum absolute atomic E-state index is 15.9. The van der Waals surface area contributed by atoms with Crippen LogP contribution in [0.3, 0.4) is 0 Å². The van der Waals surface area contributed by atoms with Crippen LogP contribution in [0.25, 0.3) is 45.0 Å². The van der Waals surface area contributed by atoms with Gasteiger partial charge in [-0.3, -0.25) is 9.97 Å². The first-order valence-electron chi connectivity index (χ1n) is 16.4. The number of benzene rings is 2. The molecule has 10 heteroatoms. The fourth-order valence-corrected chi connectivity index (χ4v) is 5.29. The molecule has 0 aliphatic carbocycles. The van der Waals surface area contributed by atoms with E-state index in [9.17, 15) is 0 Å². The zero-order valence-corrected chi connectivity index (χ0v) is 27.1. The minimum atomic E-state index is -0.936. The smallest absolute Gasteiger partial charge is 0.192 e. The number of unbranched alkanes of at least 4 members (excludes halogenated alkanes) is 6. The Morgan fingerprint density at radius 1 is 0.479 bits per heavy atom. The second kappa shape index (κ2) is 16.8. The molecule has 0 fully saturated rings. The van der Waals surface area contributed by atoms with Gasteiger partial charge in [0.05, 0.1) is 36.0 Å². The van der Waals surface area contributed by atoms with E-state index in [1.165, 1.54) is 36.7 Å². The van der Waals surface area contributed by atoms with Crippen molar-refractivity contribution in [3.63, 3.8) is 0 Å². The van der Waals surface area contributed by atoms with Gasteiger partial charge in [-0.25, -0.2) is 17.6 Å². The van der Waals surface area contributed by atoms with Gasteiger partial charge in [0.15, 0.2) is 34.8 Å². The zero-order chi connectivity index (χ0) is 33.9. The average Bonchev–Trinajstić information content (AvgIpc) is 3.12. The van der Waals surface area contributed by atoms with Crippen molar-refractivity contribution >= 4 is 0 Å². The van der Waals surface area contributed by atoms with Crippen LogP contribution in [-0.2, 0) is 0 Å². The summed E-state index contributed by atoms with van der Waals surface area (Å²) >= 11 is 0. The Labute approximate surface area is 278 Å². The molecular weight excluding hydrogens is 620 g/mol. The third-order valence-electron chi connectivity index (χ3n) is 7.91. The highest BCUT2D eigenvalue weighted by Gasteiger charge is 2.26. The van der Waals surface area contributed by atoms with Crippen molar-refractivity contribution < 1.29 is 27.0 Å². The first kappa shape index (κ1) is 34.5. The van der Waals surface area contributed by atoms with E-state index in [2.05, 4.69) is 34.0 Å². The minimum Gasteiger partial charge on any atom is -0.488 e. The quantitative estimate of drug-likeness (QED) is 0.0776. The highest BCUT2D eigenvalue weighted by atomic mass is 19.1. The van der Waals surface area contributed by atoms with Crippen molar-refractivity contribution in [1.82, 2.24) is 20.2 Å². The lowest BCUT2D eigenvalue weighted by Gasteiger charge is -2.16. The van der Waals surface area contributed by atoms with Crippen LogP contribution in [0.15, 0.2) is 73.1 Å². The maximum Gasteiger partial charge on any atom is 0.192 e. The van der Waals surface area contributed by atoms with Gasteiger partial charge in [0.25, 0.3) is 0 Å². The molecule has 0 aliphatic heterocycles. The van der Waals surface area contributed by atoms with Gasteiger partial charge in [0, 0.05) is 34.6 Å². The summed E-state index contributed by atoms with van der Waals surface area (Å²) in [5.74, 6) is -4.66. The summed E-state index contributed by atoms with van der Waals surface area (Å²) < 4.78 is 74.5. The molecule has 0 N–H and O–H groups in total. The van der Waals surface area contributed by atoms with Crippen LogP contribution in [0.2, 0.25) is 0 Å². The van der Waals surface area contributed by atoms with E-state index in [0.717, 1.165) is 38.5 Å². The molecule has 6 nitrogen and oxygen atoms in total. The standard InChI is InChI=1S/C38H38F4N4O2/c1-3-5-7-13-21-47-37-33(39)25(29-15-9-11-19-43-29)23-27(35(37)41)31-17-18-32(46-45-31)28-24-26(30-16-10-12-20-44-30)34(40)38(36(28)42)48-22-14-8-6-4-2/h9-12,15-20,23-24H,3-8,13-14,21-22H2,1-2H3. The summed E-state index contributed by atoms with van der Waals surface area (Å²) in [4.78, 5) is 8.48. The Bertz CT molecular complexity index is 1660. The summed E-state index contributed by atoms with van der Waals surface area (Å²) in [7, 11) is 0. The van der Waals surface area contributed by atoms with Crippen LogP contribution in [0, 0.1) is 23.3 Å². The number of hydrogen-bond acceptors (Lipinski definition) is 6. The summed E-state index contributed by atoms with van der Waals surface area (Å²) in [6.45, 7) is 4.41. The van der Waals surface area contributed by atoms with Crippen molar-refractivity contribution in [2.45, 2.75) is 65.2 Å². The Morgan fingerprint density at radius 3 is 1.21 bits per heavy atom. The van der Waals surface area contributed by atoms with Crippen molar-refractivity contribution in [3.05, 3.63) is 96.3 Å². The van der Waals surface area contributed by atoms with Gasteiger partial charge in [-0.2, -0.15) is 0 Å². The second-order valence-corrected chi connectivity index (χ2v) is 11.4. The molecule has 0 unspecified atom stereocenters. The van der Waals surface area contributed by atoms with Crippen molar-refractivity contribution in [2.24, 2.45) is 0 Å². The molecule has 0 radical (unpaired) electrons. The molecule has 5 rings (SSSR count). The maximum atomic E-state index is 15.9. The summed E-state index contributed by atoms with van der Waals surface area (Å²) in [5.41, 5.74) is 0.629. The predicted octanol–water partition coefficient (Wildman–Crippen LogP) is 10.4. The lowest BCUT2D eigenvalue weighted by molar-refractivity contribution is 0.276. The molecule has 0 bridgehead atoms. The largest absolute Gasteiger partial charge is 0.488 e. The van der Waals surface area contributed by atoms with Crippen LogP contribution < -0.4 is 9.47 Å². The molecule has 5 aromatic rings. The van der Waals surface area contributed by atoms with E-state index in [1.54, 1.807) is 36.4 Å². The Kier molecular flexibility index (Phi) is 12.1. The highest BCUT2D eigenvalue weighted by molar-refractivity contribution is 5.76. The third kappa shape index (κ3) is 7.98. The van der Waals surface area contributed by atoms with Crippen LogP contribution in [0.4, 0.5) is 17.6 Å². The third-order valence-corrected chi connectivity index (χ3v) is 7.91. The van der Waals surface area contributed by atoms with E-state index >= 15 is 17.6 Å². The average molecular weight is 659 g/mol. The molecule has 0 aliphatic rings. The SMILES string of the molecule is CCCCCCOc1c(F)c(-c2ccccn2)cc(-c2ccc(-c3cc(-c4ccccn4)c(F)c(OCCCCCC)c3F)nn2)c1F. The van der Waals surface area contributed by atoms with E-state index < -0.39 is 34.8 Å². The topological polar surface area (TPSA) is 70.0 Å². The van der Waals surface area contributed by atoms with Crippen LogP contribution in [-0.4, -0.2) is 33.4 Å². The second-order valence-electron chi connectivity index (χ2n) is 11.4. The molecule has 0 saturated heterocycles. The molecular formula is C38H38F4N4O2. The normalized spacial score (nSPS) is 11.1. The fourth-order valence-electron chi connectivity index (χ4n) is 5.29. The fraction of sp³-hybridized carbons (Fsp3) is 0.316. The zero-order valence-electron chi connectivity index (χ0n) is 27.1. The van der Waals surface area contributed by atoms with Crippen molar-refractivity contribution in [1.29, 1.82) is 0 Å². The van der Waals surface area contributed by atoms with E-state index in [0.29, 0.717) is 12.8 Å². The van der Waals surface area contributed by atoms with E-state index in [1.807, 2.05) is 0 Å². The molecule has 0 spiro atoms. The Hall–Kier alpha value is -4.86. The molecule has 2 aromatic carbocycles. The van der Waals surface area contributed by atoms with Crippen LogP contribution in [0.5, 0.6) is 11.5 Å². The first-order chi connectivity index (χ1) is 23.4. The van der Waals surface area contributed by atoms with Gasteiger partial charge in [-0.15, -0.1) is 10.2 Å².